The van der Waals surface area contributed by atoms with Crippen molar-refractivity contribution in [1.29, 1.82) is 5.26 Å². The van der Waals surface area contributed by atoms with E-state index in [2.05, 4.69) is 27.3 Å². The SMILES string of the molecule is CC(C)(CO)CNC(=O)c1cc2cc(C#N)ccc2n1Cc1ccccc1Br. The zero-order chi connectivity index (χ0) is 20.3. The van der Waals surface area contributed by atoms with E-state index in [9.17, 15) is 15.2 Å². The van der Waals surface area contributed by atoms with Crippen molar-refractivity contribution in [2.45, 2.75) is 20.4 Å². The number of fused-ring (bicyclic) bond motifs is 1. The second-order valence-corrected chi connectivity index (χ2v) is 8.45. The quantitative estimate of drug-likeness (QED) is 0.607. The van der Waals surface area contributed by atoms with Crippen LogP contribution in [0.2, 0.25) is 0 Å². The van der Waals surface area contributed by atoms with Crippen LogP contribution in [0.3, 0.4) is 0 Å². The standard InChI is InChI=1S/C22H22BrN3O2/c1-22(2,14-27)13-25-21(28)20-10-17-9-15(11-24)7-8-19(17)26(20)12-16-5-3-4-6-18(16)23/h3-10,27H,12-14H2,1-2H3,(H,25,28). The minimum atomic E-state index is -0.400. The van der Waals surface area contributed by atoms with Gasteiger partial charge in [0.05, 0.1) is 11.6 Å². The Hall–Kier alpha value is -2.62. The summed E-state index contributed by atoms with van der Waals surface area (Å²) in [7, 11) is 0. The number of nitrogens with zero attached hydrogens (tertiary/aromatic N) is 2. The number of nitrogens with one attached hydrogen (secondary N) is 1. The minimum Gasteiger partial charge on any atom is -0.396 e. The molecule has 0 saturated carbocycles. The maximum absolute atomic E-state index is 12.9. The molecular formula is C22H22BrN3O2. The molecule has 144 valence electrons. The molecule has 3 aromatic rings. The number of halogens is 1. The van der Waals surface area contributed by atoms with Crippen LogP contribution in [-0.2, 0) is 6.54 Å². The van der Waals surface area contributed by atoms with Gasteiger partial charge in [-0.25, -0.2) is 0 Å². The van der Waals surface area contributed by atoms with E-state index in [4.69, 9.17) is 0 Å². The van der Waals surface area contributed by atoms with E-state index in [0.29, 0.717) is 24.3 Å². The average Bonchev–Trinajstić information content (AvgIpc) is 3.05. The molecule has 0 saturated heterocycles. The number of carbonyl (C=O) groups is 1. The fraction of sp³-hybridized carbons (Fsp3) is 0.273. The number of rotatable bonds is 6. The van der Waals surface area contributed by atoms with Gasteiger partial charge in [0.1, 0.15) is 5.69 Å². The van der Waals surface area contributed by atoms with Gasteiger partial charge in [-0.05, 0) is 35.9 Å². The number of aliphatic hydroxyl groups excluding tert-OH is 1. The Balaban J connectivity index is 2.03. The Morgan fingerprint density at radius 2 is 2.00 bits per heavy atom. The molecule has 0 fully saturated rings. The fourth-order valence-electron chi connectivity index (χ4n) is 2.96. The predicted octanol–water partition coefficient (Wildman–Crippen LogP) is 4.07. The molecule has 1 heterocycles. The van der Waals surface area contributed by atoms with Crippen LogP contribution in [0, 0.1) is 16.7 Å². The molecule has 0 aliphatic carbocycles. The highest BCUT2D eigenvalue weighted by Gasteiger charge is 2.21. The molecule has 0 atom stereocenters. The molecule has 2 aromatic carbocycles. The van der Waals surface area contributed by atoms with Crippen molar-refractivity contribution < 1.29 is 9.90 Å². The zero-order valence-electron chi connectivity index (χ0n) is 15.9. The first-order valence-electron chi connectivity index (χ1n) is 9.00. The maximum Gasteiger partial charge on any atom is 0.267 e. The van der Waals surface area contributed by atoms with Crippen molar-refractivity contribution in [1.82, 2.24) is 9.88 Å². The summed E-state index contributed by atoms with van der Waals surface area (Å²) in [6, 6.07) is 17.3. The van der Waals surface area contributed by atoms with E-state index in [1.165, 1.54) is 0 Å². The lowest BCUT2D eigenvalue weighted by molar-refractivity contribution is 0.0903. The Morgan fingerprint density at radius 3 is 2.68 bits per heavy atom. The van der Waals surface area contributed by atoms with E-state index in [0.717, 1.165) is 20.9 Å². The summed E-state index contributed by atoms with van der Waals surface area (Å²) in [5, 5.41) is 22.4. The number of aromatic nitrogens is 1. The van der Waals surface area contributed by atoms with Crippen molar-refractivity contribution in [2.24, 2.45) is 5.41 Å². The van der Waals surface area contributed by atoms with Gasteiger partial charge in [-0.2, -0.15) is 5.26 Å². The summed E-state index contributed by atoms with van der Waals surface area (Å²) in [6.45, 7) is 4.65. The lowest BCUT2D eigenvalue weighted by atomic mass is 9.95. The molecule has 3 rings (SSSR count). The second kappa shape index (κ2) is 8.17. The van der Waals surface area contributed by atoms with Gasteiger partial charge in [0.15, 0.2) is 0 Å². The first-order chi connectivity index (χ1) is 13.3. The Morgan fingerprint density at radius 1 is 1.25 bits per heavy atom. The van der Waals surface area contributed by atoms with Crippen LogP contribution in [0.15, 0.2) is 53.0 Å². The van der Waals surface area contributed by atoms with Crippen LogP contribution in [-0.4, -0.2) is 28.7 Å². The van der Waals surface area contributed by atoms with E-state index in [1.807, 2.05) is 54.8 Å². The van der Waals surface area contributed by atoms with Crippen LogP contribution in [0.25, 0.3) is 10.9 Å². The van der Waals surface area contributed by atoms with Gasteiger partial charge in [-0.15, -0.1) is 0 Å². The number of hydrogen-bond acceptors (Lipinski definition) is 3. The molecule has 0 spiro atoms. The number of benzene rings is 2. The number of aliphatic hydroxyl groups is 1. The molecule has 1 amide bonds. The highest BCUT2D eigenvalue weighted by atomic mass is 79.9. The Bertz CT molecular complexity index is 1060. The Labute approximate surface area is 172 Å². The third-order valence-corrected chi connectivity index (χ3v) is 5.48. The van der Waals surface area contributed by atoms with Crippen LogP contribution in [0.5, 0.6) is 0 Å². The topological polar surface area (TPSA) is 78.1 Å². The molecule has 1 aromatic heterocycles. The Kier molecular flexibility index (Phi) is 5.87. The first kappa shape index (κ1) is 20.1. The predicted molar refractivity (Wildman–Crippen MR) is 113 cm³/mol. The zero-order valence-corrected chi connectivity index (χ0v) is 17.5. The number of carbonyl (C=O) groups excluding carboxylic acids is 1. The highest BCUT2D eigenvalue weighted by Crippen LogP contribution is 2.25. The van der Waals surface area contributed by atoms with Crippen LogP contribution in [0.4, 0.5) is 0 Å². The molecule has 0 aliphatic rings. The molecule has 0 unspecified atom stereocenters. The van der Waals surface area contributed by atoms with E-state index < -0.39 is 5.41 Å². The van der Waals surface area contributed by atoms with Gasteiger partial charge < -0.3 is 15.0 Å². The lowest BCUT2D eigenvalue weighted by Gasteiger charge is -2.22. The van der Waals surface area contributed by atoms with Crippen LogP contribution >= 0.6 is 15.9 Å². The molecule has 0 aliphatic heterocycles. The molecular weight excluding hydrogens is 418 g/mol. The van der Waals surface area contributed by atoms with Crippen molar-refractivity contribution in [2.75, 3.05) is 13.2 Å². The van der Waals surface area contributed by atoms with E-state index in [-0.39, 0.29) is 12.5 Å². The van der Waals surface area contributed by atoms with Crippen molar-refractivity contribution in [3.05, 3.63) is 69.8 Å². The molecule has 0 radical (unpaired) electrons. The van der Waals surface area contributed by atoms with Gasteiger partial charge in [0, 0.05) is 40.5 Å². The second-order valence-electron chi connectivity index (χ2n) is 7.60. The monoisotopic (exact) mass is 439 g/mol. The van der Waals surface area contributed by atoms with Gasteiger partial charge in [0.2, 0.25) is 0 Å². The lowest BCUT2D eigenvalue weighted by Crippen LogP contribution is -2.36. The summed E-state index contributed by atoms with van der Waals surface area (Å²) < 4.78 is 2.93. The van der Waals surface area contributed by atoms with Gasteiger partial charge >= 0.3 is 0 Å². The molecule has 6 heteroatoms. The third-order valence-electron chi connectivity index (χ3n) is 4.70. The van der Waals surface area contributed by atoms with Gasteiger partial charge in [0.25, 0.3) is 5.91 Å². The highest BCUT2D eigenvalue weighted by molar-refractivity contribution is 9.10. The van der Waals surface area contributed by atoms with Crippen molar-refractivity contribution in [3.8, 4) is 6.07 Å². The maximum atomic E-state index is 12.9. The molecule has 0 bridgehead atoms. The van der Waals surface area contributed by atoms with Crippen molar-refractivity contribution >= 4 is 32.7 Å². The summed E-state index contributed by atoms with van der Waals surface area (Å²) in [6.07, 6.45) is 0. The van der Waals surface area contributed by atoms with E-state index in [1.54, 1.807) is 12.1 Å². The van der Waals surface area contributed by atoms with Crippen molar-refractivity contribution in [3.63, 3.8) is 0 Å². The summed E-state index contributed by atoms with van der Waals surface area (Å²) in [4.78, 5) is 12.9. The number of nitriles is 1. The number of hydrogen-bond donors (Lipinski definition) is 2. The van der Waals surface area contributed by atoms with Crippen LogP contribution in [0.1, 0.15) is 35.5 Å². The summed E-state index contributed by atoms with van der Waals surface area (Å²) >= 11 is 3.57. The number of amides is 1. The third kappa shape index (κ3) is 4.27. The summed E-state index contributed by atoms with van der Waals surface area (Å²) in [5.74, 6) is -0.205. The van der Waals surface area contributed by atoms with Crippen LogP contribution < -0.4 is 5.32 Å². The molecule has 5 nitrogen and oxygen atoms in total. The van der Waals surface area contributed by atoms with Gasteiger partial charge in [-0.3, -0.25) is 4.79 Å². The summed E-state index contributed by atoms with van der Waals surface area (Å²) in [5.41, 5.74) is 2.62. The van der Waals surface area contributed by atoms with E-state index >= 15 is 0 Å². The smallest absolute Gasteiger partial charge is 0.267 e. The fourth-order valence-corrected chi connectivity index (χ4v) is 3.37. The molecule has 2 N–H and O–H groups in total. The van der Waals surface area contributed by atoms with Gasteiger partial charge in [-0.1, -0.05) is 48.0 Å². The largest absolute Gasteiger partial charge is 0.396 e. The average molecular weight is 440 g/mol. The first-order valence-corrected chi connectivity index (χ1v) is 9.80. The normalized spacial score (nSPS) is 11.4. The molecule has 28 heavy (non-hydrogen) atoms. The minimum absolute atomic E-state index is 0.0151.